The van der Waals surface area contributed by atoms with Gasteiger partial charge in [-0.05, 0) is 18.1 Å². The molecule has 0 spiro atoms. The number of hydrogen-bond donors (Lipinski definition) is 0. The van der Waals surface area contributed by atoms with Crippen molar-refractivity contribution in [3.05, 3.63) is 35.9 Å². The monoisotopic (exact) mass is 188 g/mol. The van der Waals surface area contributed by atoms with E-state index in [1.807, 2.05) is 19.9 Å². The minimum atomic E-state index is 0.581. The second kappa shape index (κ2) is 6.47. The lowest BCUT2D eigenvalue weighted by Gasteiger charge is -2.09. The van der Waals surface area contributed by atoms with Gasteiger partial charge in [-0.25, -0.2) is 0 Å². The third-order valence-corrected chi connectivity index (χ3v) is 2.18. The van der Waals surface area contributed by atoms with Crippen molar-refractivity contribution >= 4 is 18.3 Å². The van der Waals surface area contributed by atoms with Gasteiger partial charge in [0.15, 0.2) is 6.71 Å². The quantitative estimate of drug-likeness (QED) is 0.621. The van der Waals surface area contributed by atoms with Gasteiger partial charge in [-0.1, -0.05) is 63.8 Å². The summed E-state index contributed by atoms with van der Waals surface area (Å²) in [6.07, 6.45) is 1.95. The molecule has 0 aliphatic carbocycles. The molecule has 1 aromatic carbocycles. The second-order valence-corrected chi connectivity index (χ2v) is 3.44. The number of aryl methyl sites for hydroxylation is 1. The van der Waals surface area contributed by atoms with Crippen LogP contribution in [0.2, 0.25) is 13.6 Å². The summed E-state index contributed by atoms with van der Waals surface area (Å²) in [5.41, 5.74) is 4.01. The number of hydrogen-bond acceptors (Lipinski definition) is 0. The van der Waals surface area contributed by atoms with Crippen LogP contribution in [0.5, 0.6) is 0 Å². The normalized spacial score (nSPS) is 8.64. The first-order valence-electron chi connectivity index (χ1n) is 5.38. The maximum absolute atomic E-state index is 3.83. The fraction of sp³-hybridized carbons (Fsp3) is 0.385. The second-order valence-electron chi connectivity index (χ2n) is 3.44. The molecular formula is C13H21B. The molecule has 0 saturated carbocycles. The molecule has 0 atom stereocenters. The molecule has 0 radical (unpaired) electrons. The van der Waals surface area contributed by atoms with Crippen molar-refractivity contribution in [3.8, 4) is 0 Å². The van der Waals surface area contributed by atoms with Gasteiger partial charge in [-0.2, -0.15) is 0 Å². The molecule has 76 valence electrons. The highest BCUT2D eigenvalue weighted by Gasteiger charge is 2.07. The van der Waals surface area contributed by atoms with Crippen LogP contribution in [0.1, 0.15) is 25.0 Å². The topological polar surface area (TPSA) is 0 Å². The molecule has 0 saturated heterocycles. The summed E-state index contributed by atoms with van der Waals surface area (Å²) in [6.45, 7) is 15.0. The van der Waals surface area contributed by atoms with E-state index >= 15 is 0 Å². The highest BCUT2D eigenvalue weighted by atomic mass is 14.0. The van der Waals surface area contributed by atoms with E-state index < -0.39 is 0 Å². The van der Waals surface area contributed by atoms with Crippen molar-refractivity contribution in [2.75, 3.05) is 0 Å². The van der Waals surface area contributed by atoms with Crippen LogP contribution in [-0.4, -0.2) is 6.71 Å². The fourth-order valence-corrected chi connectivity index (χ4v) is 1.49. The van der Waals surface area contributed by atoms with E-state index in [2.05, 4.69) is 45.3 Å². The number of benzene rings is 1. The van der Waals surface area contributed by atoms with Crippen LogP contribution in [-0.2, 0) is 0 Å². The first kappa shape index (κ1) is 13.0. The zero-order chi connectivity index (χ0) is 11.1. The third-order valence-electron chi connectivity index (χ3n) is 2.18. The molecule has 0 aliphatic heterocycles. The van der Waals surface area contributed by atoms with Gasteiger partial charge in [0.05, 0.1) is 0 Å². The predicted octanol–water partition coefficient (Wildman–Crippen LogP) is 3.63. The van der Waals surface area contributed by atoms with Gasteiger partial charge in [-0.15, -0.1) is 0 Å². The van der Waals surface area contributed by atoms with Crippen LogP contribution in [0.4, 0.5) is 0 Å². The first-order valence-corrected chi connectivity index (χ1v) is 5.38. The van der Waals surface area contributed by atoms with Crippen LogP contribution in [0, 0.1) is 6.92 Å². The van der Waals surface area contributed by atoms with Crippen molar-refractivity contribution < 1.29 is 0 Å². The van der Waals surface area contributed by atoms with Crippen LogP contribution in [0.15, 0.2) is 24.8 Å². The molecule has 0 heterocycles. The van der Waals surface area contributed by atoms with Gasteiger partial charge in [0.25, 0.3) is 0 Å². The Hall–Kier alpha value is -0.975. The van der Waals surface area contributed by atoms with E-state index in [1.165, 1.54) is 16.6 Å². The van der Waals surface area contributed by atoms with Crippen molar-refractivity contribution in [2.24, 2.45) is 0 Å². The minimum absolute atomic E-state index is 0.581. The van der Waals surface area contributed by atoms with Gasteiger partial charge in [0.2, 0.25) is 0 Å². The summed E-state index contributed by atoms with van der Waals surface area (Å²) in [5.74, 6) is 0. The third kappa shape index (κ3) is 3.06. The summed E-state index contributed by atoms with van der Waals surface area (Å²) < 4.78 is 0. The maximum atomic E-state index is 3.83. The zero-order valence-corrected chi connectivity index (χ0v) is 10.1. The van der Waals surface area contributed by atoms with Gasteiger partial charge in [0, 0.05) is 0 Å². The zero-order valence-electron chi connectivity index (χ0n) is 10.1. The number of rotatable bonds is 2. The molecule has 1 rings (SSSR count). The highest BCUT2D eigenvalue weighted by molar-refractivity contribution is 6.71. The van der Waals surface area contributed by atoms with Gasteiger partial charge in [0.1, 0.15) is 0 Å². The van der Waals surface area contributed by atoms with E-state index in [9.17, 15) is 0 Å². The first-order chi connectivity index (χ1) is 6.66. The van der Waals surface area contributed by atoms with E-state index in [-0.39, 0.29) is 0 Å². The molecule has 1 heteroatoms. The summed E-state index contributed by atoms with van der Waals surface area (Å²) in [4.78, 5) is 0. The van der Waals surface area contributed by atoms with Gasteiger partial charge < -0.3 is 0 Å². The summed E-state index contributed by atoms with van der Waals surface area (Å²) in [7, 11) is 0. The maximum Gasteiger partial charge on any atom is 0.170 e. The molecular weight excluding hydrogens is 167 g/mol. The molecule has 0 nitrogen and oxygen atoms in total. The summed E-state index contributed by atoms with van der Waals surface area (Å²) >= 11 is 0. The average molecular weight is 188 g/mol. The van der Waals surface area contributed by atoms with Crippen LogP contribution in [0.25, 0.3) is 6.08 Å². The fourth-order valence-electron chi connectivity index (χ4n) is 1.49. The average Bonchev–Trinajstić information content (AvgIpc) is 2.20. The van der Waals surface area contributed by atoms with Gasteiger partial charge >= 0.3 is 0 Å². The molecule has 0 aromatic heterocycles. The highest BCUT2D eigenvalue weighted by Crippen LogP contribution is 2.07. The van der Waals surface area contributed by atoms with Gasteiger partial charge in [-0.3, -0.25) is 0 Å². The summed E-state index contributed by atoms with van der Waals surface area (Å²) in [6, 6.07) is 6.41. The lowest BCUT2D eigenvalue weighted by molar-refractivity contribution is 1.46. The lowest BCUT2D eigenvalue weighted by atomic mass is 9.48. The molecule has 0 N–H and O–H groups in total. The van der Waals surface area contributed by atoms with Crippen LogP contribution >= 0.6 is 0 Å². The smallest absolute Gasteiger partial charge is 0.0985 e. The van der Waals surface area contributed by atoms with Crippen molar-refractivity contribution in [2.45, 2.75) is 34.4 Å². The molecule has 0 unspecified atom stereocenters. The Morgan fingerprint density at radius 2 is 1.79 bits per heavy atom. The van der Waals surface area contributed by atoms with E-state index in [1.54, 1.807) is 0 Å². The molecule has 1 aromatic rings. The Morgan fingerprint density at radius 1 is 1.21 bits per heavy atom. The largest absolute Gasteiger partial charge is 0.170 e. The standard InChI is InChI=1S/C11H15B.C2H6/c1-5-10-9(2)7-6-8-11(10)12(3)4;1-2/h5-8H,1H2,2-4H3;1-2H3. The van der Waals surface area contributed by atoms with Crippen LogP contribution in [0.3, 0.4) is 0 Å². The Morgan fingerprint density at radius 3 is 2.14 bits per heavy atom. The van der Waals surface area contributed by atoms with E-state index in [0.717, 1.165) is 0 Å². The van der Waals surface area contributed by atoms with Crippen molar-refractivity contribution in [3.63, 3.8) is 0 Å². The Kier molecular flexibility index (Phi) is 6.02. The molecule has 14 heavy (non-hydrogen) atoms. The van der Waals surface area contributed by atoms with Crippen molar-refractivity contribution in [1.29, 1.82) is 0 Å². The van der Waals surface area contributed by atoms with Crippen molar-refractivity contribution in [1.82, 2.24) is 0 Å². The summed E-state index contributed by atoms with van der Waals surface area (Å²) in [5, 5.41) is 0. The molecule has 0 amide bonds. The predicted molar refractivity (Wildman–Crippen MR) is 69.7 cm³/mol. The Bertz CT molecular complexity index is 287. The Labute approximate surface area is 89.1 Å². The Balaban J connectivity index is 0.000000791. The van der Waals surface area contributed by atoms with E-state index in [0.29, 0.717) is 6.71 Å². The molecule has 0 fully saturated rings. The molecule has 0 aliphatic rings. The lowest BCUT2D eigenvalue weighted by Crippen LogP contribution is -2.25. The van der Waals surface area contributed by atoms with E-state index in [4.69, 9.17) is 0 Å². The minimum Gasteiger partial charge on any atom is -0.0985 e. The molecule has 0 bridgehead atoms. The SMILES string of the molecule is C=Cc1c(C)cccc1B(C)C.CC. The van der Waals surface area contributed by atoms with Crippen LogP contribution < -0.4 is 5.46 Å².